The van der Waals surface area contributed by atoms with E-state index in [9.17, 15) is 4.79 Å². The quantitative estimate of drug-likeness (QED) is 0.758. The van der Waals surface area contributed by atoms with Crippen molar-refractivity contribution in [3.63, 3.8) is 0 Å². The third-order valence-corrected chi connectivity index (χ3v) is 3.59. The molecule has 0 spiro atoms. The van der Waals surface area contributed by atoms with Crippen molar-refractivity contribution in [2.45, 2.75) is 12.5 Å². The zero-order valence-electron chi connectivity index (χ0n) is 9.32. The number of pyridine rings is 1. The van der Waals surface area contributed by atoms with Crippen LogP contribution in [0.1, 0.15) is 16.8 Å². The van der Waals surface area contributed by atoms with Gasteiger partial charge in [0.2, 0.25) is 0 Å². The Morgan fingerprint density at radius 1 is 1.47 bits per heavy atom. The number of likely N-dealkylation sites (tertiary alicyclic amines) is 1. The van der Waals surface area contributed by atoms with E-state index in [1.54, 1.807) is 19.2 Å². The first-order chi connectivity index (χ1) is 8.10. The summed E-state index contributed by atoms with van der Waals surface area (Å²) >= 11 is 6.56. The van der Waals surface area contributed by atoms with Gasteiger partial charge in [-0.05, 0) is 50.4 Å². The Balaban J connectivity index is 2.14. The molecule has 1 aliphatic rings. The number of rotatable bonds is 2. The number of amides is 1. The molecular formula is C11H12Br2N2O2. The minimum absolute atomic E-state index is 0.0216. The molecule has 0 aliphatic carbocycles. The number of carbonyl (C=O) groups is 1. The second-order valence-electron chi connectivity index (χ2n) is 3.90. The highest BCUT2D eigenvalue weighted by molar-refractivity contribution is 9.11. The van der Waals surface area contributed by atoms with Crippen LogP contribution >= 0.6 is 31.9 Å². The molecule has 4 nitrogen and oxygen atoms in total. The van der Waals surface area contributed by atoms with Crippen LogP contribution in [0.5, 0.6) is 0 Å². The fraction of sp³-hybridized carbons (Fsp3) is 0.455. The first-order valence-electron chi connectivity index (χ1n) is 5.25. The predicted octanol–water partition coefficient (Wildman–Crippen LogP) is 2.47. The Labute approximate surface area is 117 Å². The lowest BCUT2D eigenvalue weighted by molar-refractivity contribution is 0.0724. The minimum Gasteiger partial charge on any atom is -0.380 e. The van der Waals surface area contributed by atoms with E-state index in [1.165, 1.54) is 0 Å². The SMILES string of the molecule is COC1CCN(C(=O)c2cc(Br)nc(Br)c2)C1. The Kier molecular flexibility index (Phi) is 4.17. The lowest BCUT2D eigenvalue weighted by Crippen LogP contribution is -2.30. The van der Waals surface area contributed by atoms with Gasteiger partial charge in [0.1, 0.15) is 9.21 Å². The van der Waals surface area contributed by atoms with Gasteiger partial charge in [-0.3, -0.25) is 4.79 Å². The van der Waals surface area contributed by atoms with Gasteiger partial charge >= 0.3 is 0 Å². The van der Waals surface area contributed by atoms with Crippen LogP contribution < -0.4 is 0 Å². The van der Waals surface area contributed by atoms with Gasteiger partial charge in [-0.25, -0.2) is 4.98 Å². The summed E-state index contributed by atoms with van der Waals surface area (Å²) in [7, 11) is 1.68. The van der Waals surface area contributed by atoms with Crippen LogP contribution in [0.15, 0.2) is 21.3 Å². The fourth-order valence-electron chi connectivity index (χ4n) is 1.88. The highest BCUT2D eigenvalue weighted by Gasteiger charge is 2.27. The molecule has 0 bridgehead atoms. The van der Waals surface area contributed by atoms with Gasteiger partial charge in [0.05, 0.1) is 6.10 Å². The van der Waals surface area contributed by atoms with E-state index in [4.69, 9.17) is 4.74 Å². The zero-order valence-corrected chi connectivity index (χ0v) is 12.5. The molecule has 0 aromatic carbocycles. The summed E-state index contributed by atoms with van der Waals surface area (Å²) in [5.41, 5.74) is 0.635. The standard InChI is InChI=1S/C11H12Br2N2O2/c1-17-8-2-3-15(6-8)11(16)7-4-9(12)14-10(13)5-7/h4-5,8H,2-3,6H2,1H3. The van der Waals surface area contributed by atoms with Crippen LogP contribution in [0.2, 0.25) is 0 Å². The van der Waals surface area contributed by atoms with Crippen molar-refractivity contribution >= 4 is 37.8 Å². The summed E-state index contributed by atoms with van der Waals surface area (Å²) in [6.07, 6.45) is 1.06. The molecule has 1 atom stereocenters. The van der Waals surface area contributed by atoms with Crippen LogP contribution in [0.4, 0.5) is 0 Å². The van der Waals surface area contributed by atoms with Crippen LogP contribution in [0, 0.1) is 0 Å². The molecule has 1 fully saturated rings. The summed E-state index contributed by atoms with van der Waals surface area (Å²) in [6.45, 7) is 1.40. The van der Waals surface area contributed by atoms with Gasteiger partial charge < -0.3 is 9.64 Å². The Morgan fingerprint density at radius 2 is 2.12 bits per heavy atom. The molecule has 2 rings (SSSR count). The topological polar surface area (TPSA) is 42.4 Å². The first kappa shape index (κ1) is 13.0. The lowest BCUT2D eigenvalue weighted by Gasteiger charge is -2.16. The van der Waals surface area contributed by atoms with Gasteiger partial charge in [0.25, 0.3) is 5.91 Å². The molecular weight excluding hydrogens is 352 g/mol. The monoisotopic (exact) mass is 362 g/mol. The number of nitrogens with zero attached hydrogens (tertiary/aromatic N) is 2. The highest BCUT2D eigenvalue weighted by atomic mass is 79.9. The Morgan fingerprint density at radius 3 is 2.65 bits per heavy atom. The molecule has 1 aromatic heterocycles. The number of carbonyl (C=O) groups excluding carboxylic acids is 1. The summed E-state index contributed by atoms with van der Waals surface area (Å²) < 4.78 is 6.55. The Bertz CT molecular complexity index is 419. The van der Waals surface area contributed by atoms with E-state index in [0.29, 0.717) is 21.3 Å². The second-order valence-corrected chi connectivity index (χ2v) is 5.52. The maximum atomic E-state index is 12.2. The van der Waals surface area contributed by atoms with E-state index < -0.39 is 0 Å². The van der Waals surface area contributed by atoms with Crippen molar-refractivity contribution in [2.24, 2.45) is 0 Å². The van der Waals surface area contributed by atoms with Crippen LogP contribution in [0.3, 0.4) is 0 Å². The van der Waals surface area contributed by atoms with E-state index in [0.717, 1.165) is 13.0 Å². The fourth-order valence-corrected chi connectivity index (χ4v) is 2.99. The van der Waals surface area contributed by atoms with Crippen LogP contribution in [-0.2, 0) is 4.74 Å². The third-order valence-electron chi connectivity index (χ3n) is 2.78. The van der Waals surface area contributed by atoms with Gasteiger partial charge in [0.15, 0.2) is 0 Å². The van der Waals surface area contributed by atoms with Crippen molar-refractivity contribution in [3.05, 3.63) is 26.9 Å². The molecule has 0 radical (unpaired) electrons. The number of hydrogen-bond donors (Lipinski definition) is 0. The summed E-state index contributed by atoms with van der Waals surface area (Å²) in [6, 6.07) is 3.46. The molecule has 0 saturated carbocycles. The second kappa shape index (κ2) is 5.46. The third kappa shape index (κ3) is 3.05. The molecule has 2 heterocycles. The highest BCUT2D eigenvalue weighted by Crippen LogP contribution is 2.20. The van der Waals surface area contributed by atoms with Gasteiger partial charge in [-0.2, -0.15) is 0 Å². The first-order valence-corrected chi connectivity index (χ1v) is 6.84. The van der Waals surface area contributed by atoms with E-state index in [1.807, 2.05) is 4.90 Å². The number of hydrogen-bond acceptors (Lipinski definition) is 3. The predicted molar refractivity (Wildman–Crippen MR) is 71.0 cm³/mol. The zero-order chi connectivity index (χ0) is 12.4. The normalized spacial score (nSPS) is 19.7. The number of aromatic nitrogens is 1. The molecule has 1 amide bonds. The average molecular weight is 364 g/mol. The molecule has 0 N–H and O–H groups in total. The van der Waals surface area contributed by atoms with Crippen molar-refractivity contribution in [1.82, 2.24) is 9.88 Å². The minimum atomic E-state index is 0.0216. The Hall–Kier alpha value is -0.460. The van der Waals surface area contributed by atoms with Crippen LogP contribution in [0.25, 0.3) is 0 Å². The molecule has 1 aromatic rings. The van der Waals surface area contributed by atoms with Gasteiger partial charge in [-0.1, -0.05) is 0 Å². The molecule has 1 unspecified atom stereocenters. The molecule has 1 saturated heterocycles. The maximum absolute atomic E-state index is 12.2. The van der Waals surface area contributed by atoms with E-state index in [2.05, 4.69) is 36.8 Å². The van der Waals surface area contributed by atoms with Crippen LogP contribution in [-0.4, -0.2) is 42.1 Å². The van der Waals surface area contributed by atoms with Crippen molar-refractivity contribution in [3.8, 4) is 0 Å². The molecule has 1 aliphatic heterocycles. The summed E-state index contributed by atoms with van der Waals surface area (Å²) in [5, 5.41) is 0. The smallest absolute Gasteiger partial charge is 0.254 e. The summed E-state index contributed by atoms with van der Waals surface area (Å²) in [5.74, 6) is 0.0216. The van der Waals surface area contributed by atoms with E-state index in [-0.39, 0.29) is 12.0 Å². The number of ether oxygens (including phenoxy) is 1. The molecule has 92 valence electrons. The van der Waals surface area contributed by atoms with E-state index >= 15 is 0 Å². The molecule has 6 heteroatoms. The van der Waals surface area contributed by atoms with Gasteiger partial charge in [0, 0.05) is 25.8 Å². The van der Waals surface area contributed by atoms with Crippen molar-refractivity contribution < 1.29 is 9.53 Å². The van der Waals surface area contributed by atoms with Crippen molar-refractivity contribution in [2.75, 3.05) is 20.2 Å². The largest absolute Gasteiger partial charge is 0.380 e. The number of halogens is 2. The van der Waals surface area contributed by atoms with Gasteiger partial charge in [-0.15, -0.1) is 0 Å². The average Bonchev–Trinajstić information content (AvgIpc) is 2.75. The lowest BCUT2D eigenvalue weighted by atomic mass is 10.2. The van der Waals surface area contributed by atoms with Crippen molar-refractivity contribution in [1.29, 1.82) is 0 Å². The maximum Gasteiger partial charge on any atom is 0.254 e. The summed E-state index contributed by atoms with van der Waals surface area (Å²) in [4.78, 5) is 18.1. The number of methoxy groups -OCH3 is 1. The molecule has 17 heavy (non-hydrogen) atoms.